The van der Waals surface area contributed by atoms with E-state index >= 15 is 0 Å². The van der Waals surface area contributed by atoms with Gasteiger partial charge in [-0.15, -0.1) is 0 Å². The van der Waals surface area contributed by atoms with Gasteiger partial charge in [-0.25, -0.2) is 4.79 Å². The number of rotatable bonds is 5. The Hall–Kier alpha value is -1.77. The zero-order chi connectivity index (χ0) is 12.7. The number of esters is 1. The third-order valence-electron chi connectivity index (χ3n) is 1.93. The summed E-state index contributed by atoms with van der Waals surface area (Å²) in [7, 11) is 0. The van der Waals surface area contributed by atoms with E-state index in [1.807, 2.05) is 45.0 Å². The van der Waals surface area contributed by atoms with Crippen molar-refractivity contribution in [3.8, 4) is 5.75 Å². The quantitative estimate of drug-likeness (QED) is 0.580. The summed E-state index contributed by atoms with van der Waals surface area (Å²) in [6.45, 7) is 6.20. The highest BCUT2D eigenvalue weighted by molar-refractivity contribution is 5.87. The molecule has 0 saturated heterocycles. The minimum Gasteiger partial charge on any atom is -0.494 e. The van der Waals surface area contributed by atoms with Crippen LogP contribution in [0.1, 0.15) is 26.3 Å². The van der Waals surface area contributed by atoms with E-state index in [1.54, 1.807) is 6.08 Å². The predicted molar refractivity (Wildman–Crippen MR) is 67.9 cm³/mol. The second-order valence-corrected chi connectivity index (χ2v) is 3.82. The molecular formula is C14H18O3. The molecule has 0 unspecified atom stereocenters. The number of carbonyl (C=O) groups excluding carboxylic acids is 1. The maximum atomic E-state index is 11.3. The first-order valence-electron chi connectivity index (χ1n) is 5.73. The number of ether oxygens (including phenoxy) is 2. The minimum absolute atomic E-state index is 0.0955. The fraction of sp³-hybridized carbons (Fsp3) is 0.357. The summed E-state index contributed by atoms with van der Waals surface area (Å²) in [5.74, 6) is 0.466. The van der Waals surface area contributed by atoms with Crippen molar-refractivity contribution in [2.24, 2.45) is 0 Å². The van der Waals surface area contributed by atoms with Crippen molar-refractivity contribution in [2.45, 2.75) is 26.9 Å². The zero-order valence-corrected chi connectivity index (χ0v) is 10.5. The van der Waals surface area contributed by atoms with Crippen molar-refractivity contribution in [2.75, 3.05) is 6.61 Å². The van der Waals surface area contributed by atoms with Gasteiger partial charge in [-0.05, 0) is 44.5 Å². The van der Waals surface area contributed by atoms with Crippen LogP contribution in [0.25, 0.3) is 6.08 Å². The fourth-order valence-electron chi connectivity index (χ4n) is 1.31. The zero-order valence-electron chi connectivity index (χ0n) is 10.5. The summed E-state index contributed by atoms with van der Waals surface area (Å²) in [6, 6.07) is 7.55. The summed E-state index contributed by atoms with van der Waals surface area (Å²) >= 11 is 0. The first-order chi connectivity index (χ1) is 8.11. The average Bonchev–Trinajstić information content (AvgIpc) is 2.26. The van der Waals surface area contributed by atoms with Crippen molar-refractivity contribution >= 4 is 12.0 Å². The van der Waals surface area contributed by atoms with Crippen LogP contribution < -0.4 is 4.74 Å². The molecule has 0 aliphatic heterocycles. The highest BCUT2D eigenvalue weighted by atomic mass is 16.5. The normalized spacial score (nSPS) is 10.8. The Balaban J connectivity index is 2.64. The summed E-state index contributed by atoms with van der Waals surface area (Å²) in [4.78, 5) is 11.3. The second kappa shape index (κ2) is 6.74. The van der Waals surface area contributed by atoms with Crippen LogP contribution in [0, 0.1) is 0 Å². The molecule has 0 amide bonds. The Kier molecular flexibility index (Phi) is 5.27. The van der Waals surface area contributed by atoms with Crippen LogP contribution in [0.5, 0.6) is 5.75 Å². The highest BCUT2D eigenvalue weighted by Gasteiger charge is 2.00. The fourth-order valence-corrected chi connectivity index (χ4v) is 1.31. The van der Waals surface area contributed by atoms with Gasteiger partial charge in [0, 0.05) is 6.08 Å². The van der Waals surface area contributed by atoms with Crippen LogP contribution in [-0.4, -0.2) is 18.7 Å². The number of benzene rings is 1. The lowest BCUT2D eigenvalue weighted by Gasteiger charge is -2.04. The molecule has 0 bridgehead atoms. The van der Waals surface area contributed by atoms with Crippen LogP contribution in [-0.2, 0) is 9.53 Å². The Morgan fingerprint density at radius 2 is 2.18 bits per heavy atom. The topological polar surface area (TPSA) is 35.5 Å². The molecule has 0 N–H and O–H groups in total. The molecule has 1 rings (SSSR count). The lowest BCUT2D eigenvalue weighted by atomic mass is 10.2. The lowest BCUT2D eigenvalue weighted by molar-refractivity contribution is -0.141. The summed E-state index contributed by atoms with van der Waals surface area (Å²) < 4.78 is 10.4. The average molecular weight is 234 g/mol. The van der Waals surface area contributed by atoms with E-state index in [2.05, 4.69) is 0 Å². The Morgan fingerprint density at radius 3 is 2.82 bits per heavy atom. The van der Waals surface area contributed by atoms with Gasteiger partial charge in [-0.3, -0.25) is 0 Å². The van der Waals surface area contributed by atoms with E-state index in [0.717, 1.165) is 11.3 Å². The van der Waals surface area contributed by atoms with Crippen LogP contribution in [0.2, 0.25) is 0 Å². The largest absolute Gasteiger partial charge is 0.494 e. The number of hydrogen-bond donors (Lipinski definition) is 0. The first kappa shape index (κ1) is 13.3. The highest BCUT2D eigenvalue weighted by Crippen LogP contribution is 2.14. The maximum absolute atomic E-state index is 11.3. The van der Waals surface area contributed by atoms with Gasteiger partial charge < -0.3 is 9.47 Å². The molecule has 0 atom stereocenters. The van der Waals surface area contributed by atoms with Gasteiger partial charge in [0.1, 0.15) is 5.75 Å². The smallest absolute Gasteiger partial charge is 0.331 e. The van der Waals surface area contributed by atoms with Gasteiger partial charge in [-0.1, -0.05) is 12.1 Å². The van der Waals surface area contributed by atoms with E-state index in [0.29, 0.717) is 6.61 Å². The van der Waals surface area contributed by atoms with Gasteiger partial charge in [0.2, 0.25) is 0 Å². The van der Waals surface area contributed by atoms with Crippen LogP contribution in [0.4, 0.5) is 0 Å². The first-order valence-corrected chi connectivity index (χ1v) is 5.73. The summed E-state index contributed by atoms with van der Waals surface area (Å²) in [6.07, 6.45) is 3.04. The van der Waals surface area contributed by atoms with Crippen LogP contribution in [0.3, 0.4) is 0 Å². The Bertz CT molecular complexity index is 394. The van der Waals surface area contributed by atoms with Crippen LogP contribution in [0.15, 0.2) is 30.3 Å². The SMILES string of the molecule is CCOc1cccc(/C=C/C(=O)OC(C)C)c1. The summed E-state index contributed by atoms with van der Waals surface area (Å²) in [5, 5.41) is 0. The summed E-state index contributed by atoms with van der Waals surface area (Å²) in [5.41, 5.74) is 0.914. The molecule has 0 aliphatic rings. The van der Waals surface area contributed by atoms with E-state index in [9.17, 15) is 4.79 Å². The minimum atomic E-state index is -0.332. The van der Waals surface area contributed by atoms with Crippen molar-refractivity contribution < 1.29 is 14.3 Å². The van der Waals surface area contributed by atoms with Gasteiger partial charge in [-0.2, -0.15) is 0 Å². The lowest BCUT2D eigenvalue weighted by Crippen LogP contribution is -2.08. The Labute approximate surface area is 102 Å². The molecule has 3 heteroatoms. The van der Waals surface area contributed by atoms with Gasteiger partial charge in [0.05, 0.1) is 12.7 Å². The Morgan fingerprint density at radius 1 is 1.41 bits per heavy atom. The molecule has 1 aromatic carbocycles. The van der Waals surface area contributed by atoms with Crippen LogP contribution >= 0.6 is 0 Å². The molecular weight excluding hydrogens is 216 g/mol. The monoisotopic (exact) mass is 234 g/mol. The van der Waals surface area contributed by atoms with Crippen molar-refractivity contribution in [1.29, 1.82) is 0 Å². The van der Waals surface area contributed by atoms with Crippen molar-refractivity contribution in [3.05, 3.63) is 35.9 Å². The molecule has 0 heterocycles. The molecule has 0 aliphatic carbocycles. The van der Waals surface area contributed by atoms with Crippen molar-refractivity contribution in [3.63, 3.8) is 0 Å². The van der Waals surface area contributed by atoms with Gasteiger partial charge in [0.15, 0.2) is 0 Å². The molecule has 0 radical (unpaired) electrons. The van der Waals surface area contributed by atoms with E-state index < -0.39 is 0 Å². The van der Waals surface area contributed by atoms with Gasteiger partial charge in [0.25, 0.3) is 0 Å². The number of carbonyl (C=O) groups is 1. The standard InChI is InChI=1S/C14H18O3/c1-4-16-13-7-5-6-12(10-13)8-9-14(15)17-11(2)3/h5-11H,4H2,1-3H3/b9-8+. The van der Waals surface area contributed by atoms with Gasteiger partial charge >= 0.3 is 5.97 Å². The molecule has 1 aromatic rings. The molecule has 0 spiro atoms. The third-order valence-corrected chi connectivity index (χ3v) is 1.93. The van der Waals surface area contributed by atoms with Crippen molar-refractivity contribution in [1.82, 2.24) is 0 Å². The van der Waals surface area contributed by atoms with E-state index in [4.69, 9.17) is 9.47 Å². The second-order valence-electron chi connectivity index (χ2n) is 3.82. The number of hydrogen-bond acceptors (Lipinski definition) is 3. The van der Waals surface area contributed by atoms with E-state index in [-0.39, 0.29) is 12.1 Å². The molecule has 0 aromatic heterocycles. The molecule has 3 nitrogen and oxygen atoms in total. The van der Waals surface area contributed by atoms with E-state index in [1.165, 1.54) is 6.08 Å². The molecule has 92 valence electrons. The maximum Gasteiger partial charge on any atom is 0.331 e. The molecule has 0 fully saturated rings. The third kappa shape index (κ3) is 5.20. The molecule has 0 saturated carbocycles. The molecule has 17 heavy (non-hydrogen) atoms. The predicted octanol–water partition coefficient (Wildman–Crippen LogP) is 3.05.